The Kier molecular flexibility index (Phi) is 8.26. The molecule has 116 valence electrons. The van der Waals surface area contributed by atoms with Crippen molar-refractivity contribution in [3.8, 4) is 0 Å². The molecule has 1 rings (SSSR count). The molecule has 0 aromatic rings. The Morgan fingerprint density at radius 2 is 1.90 bits per heavy atom. The molecule has 1 amide bonds. The Labute approximate surface area is 121 Å². The number of carbonyl (C=O) groups excluding carboxylic acids is 2. The third-order valence-corrected chi connectivity index (χ3v) is 3.60. The van der Waals surface area contributed by atoms with Crippen molar-refractivity contribution in [3.63, 3.8) is 0 Å². The van der Waals surface area contributed by atoms with E-state index in [1.54, 1.807) is 0 Å². The molecule has 1 unspecified atom stereocenters. The lowest BCUT2D eigenvalue weighted by Gasteiger charge is -2.22. The standard InChI is InChI=1S/C15H27NO4/c1-3-4-9-19-10-11-20-15(18)14(16-12(2)17)13-7-5-6-8-13/h13-14H,3-11H2,1-2H3,(H,16,17). The van der Waals surface area contributed by atoms with Gasteiger partial charge in [0.05, 0.1) is 6.61 Å². The number of hydrogen-bond donors (Lipinski definition) is 1. The van der Waals surface area contributed by atoms with Crippen molar-refractivity contribution in [1.29, 1.82) is 0 Å². The van der Waals surface area contributed by atoms with Crippen molar-refractivity contribution >= 4 is 11.9 Å². The highest BCUT2D eigenvalue weighted by Crippen LogP contribution is 2.28. The van der Waals surface area contributed by atoms with Crippen molar-refractivity contribution in [2.45, 2.75) is 58.4 Å². The fourth-order valence-electron chi connectivity index (χ4n) is 2.52. The third kappa shape index (κ3) is 6.37. The number of nitrogens with one attached hydrogen (secondary N) is 1. The van der Waals surface area contributed by atoms with E-state index < -0.39 is 6.04 Å². The van der Waals surface area contributed by atoms with E-state index in [-0.39, 0.29) is 24.4 Å². The van der Waals surface area contributed by atoms with E-state index >= 15 is 0 Å². The van der Waals surface area contributed by atoms with Gasteiger partial charge >= 0.3 is 5.97 Å². The number of esters is 1. The molecule has 0 aromatic heterocycles. The van der Waals surface area contributed by atoms with Crippen LogP contribution in [0.2, 0.25) is 0 Å². The maximum absolute atomic E-state index is 12.1. The zero-order valence-electron chi connectivity index (χ0n) is 12.7. The van der Waals surface area contributed by atoms with Crippen LogP contribution in [0.3, 0.4) is 0 Å². The predicted molar refractivity (Wildman–Crippen MR) is 76.2 cm³/mol. The predicted octanol–water partition coefficient (Wildman–Crippen LogP) is 2.04. The van der Waals surface area contributed by atoms with Crippen LogP contribution in [0.15, 0.2) is 0 Å². The van der Waals surface area contributed by atoms with Gasteiger partial charge in [-0.2, -0.15) is 0 Å². The van der Waals surface area contributed by atoms with Crippen molar-refractivity contribution in [2.75, 3.05) is 19.8 Å². The lowest BCUT2D eigenvalue weighted by molar-refractivity contribution is -0.150. The summed E-state index contributed by atoms with van der Waals surface area (Å²) in [6.45, 7) is 4.91. The Morgan fingerprint density at radius 3 is 2.50 bits per heavy atom. The van der Waals surface area contributed by atoms with E-state index in [9.17, 15) is 9.59 Å². The molecule has 0 heterocycles. The second-order valence-corrected chi connectivity index (χ2v) is 5.36. The minimum Gasteiger partial charge on any atom is -0.462 e. The lowest BCUT2D eigenvalue weighted by atomic mass is 9.98. The highest BCUT2D eigenvalue weighted by molar-refractivity contribution is 5.83. The van der Waals surface area contributed by atoms with Crippen molar-refractivity contribution in [2.24, 2.45) is 5.92 Å². The van der Waals surface area contributed by atoms with Gasteiger partial charge in [-0.25, -0.2) is 4.79 Å². The van der Waals surface area contributed by atoms with Crippen LogP contribution in [0.5, 0.6) is 0 Å². The Morgan fingerprint density at radius 1 is 1.20 bits per heavy atom. The average Bonchev–Trinajstić information content (AvgIpc) is 2.93. The summed E-state index contributed by atoms with van der Waals surface area (Å²) in [4.78, 5) is 23.3. The zero-order valence-corrected chi connectivity index (χ0v) is 12.7. The van der Waals surface area contributed by atoms with Crippen LogP contribution in [0.4, 0.5) is 0 Å². The fraction of sp³-hybridized carbons (Fsp3) is 0.867. The average molecular weight is 285 g/mol. The Hall–Kier alpha value is -1.10. The highest BCUT2D eigenvalue weighted by Gasteiger charge is 2.32. The van der Waals surface area contributed by atoms with E-state index in [0.29, 0.717) is 13.2 Å². The van der Waals surface area contributed by atoms with Crippen LogP contribution >= 0.6 is 0 Å². The van der Waals surface area contributed by atoms with Gasteiger partial charge in [0, 0.05) is 13.5 Å². The van der Waals surface area contributed by atoms with Gasteiger partial charge in [-0.1, -0.05) is 26.2 Å². The van der Waals surface area contributed by atoms with Crippen molar-refractivity contribution in [3.05, 3.63) is 0 Å². The van der Waals surface area contributed by atoms with Gasteiger partial charge in [0.2, 0.25) is 5.91 Å². The number of rotatable bonds is 9. The summed E-state index contributed by atoms with van der Waals surface area (Å²) >= 11 is 0. The summed E-state index contributed by atoms with van der Waals surface area (Å²) in [5, 5.41) is 2.73. The highest BCUT2D eigenvalue weighted by atomic mass is 16.6. The summed E-state index contributed by atoms with van der Waals surface area (Å²) in [5.41, 5.74) is 0. The van der Waals surface area contributed by atoms with E-state index in [1.165, 1.54) is 6.92 Å². The van der Waals surface area contributed by atoms with Crippen LogP contribution in [0.1, 0.15) is 52.4 Å². The number of unbranched alkanes of at least 4 members (excludes halogenated alkanes) is 1. The molecule has 0 spiro atoms. The van der Waals surface area contributed by atoms with Gasteiger partial charge in [0.1, 0.15) is 12.6 Å². The molecular formula is C15H27NO4. The second kappa shape index (κ2) is 9.75. The minimum absolute atomic E-state index is 0.182. The maximum atomic E-state index is 12.1. The molecule has 0 bridgehead atoms. The van der Waals surface area contributed by atoms with Gasteiger partial charge in [0.15, 0.2) is 0 Å². The van der Waals surface area contributed by atoms with Crippen molar-refractivity contribution < 1.29 is 19.1 Å². The molecule has 20 heavy (non-hydrogen) atoms. The smallest absolute Gasteiger partial charge is 0.329 e. The first-order valence-corrected chi connectivity index (χ1v) is 7.66. The van der Waals surface area contributed by atoms with Gasteiger partial charge in [0.25, 0.3) is 0 Å². The molecule has 1 fully saturated rings. The quantitative estimate of drug-likeness (QED) is 0.520. The molecule has 5 heteroatoms. The van der Waals surface area contributed by atoms with Gasteiger partial charge in [-0.3, -0.25) is 4.79 Å². The molecule has 1 N–H and O–H groups in total. The van der Waals surface area contributed by atoms with E-state index in [2.05, 4.69) is 12.2 Å². The molecule has 0 saturated heterocycles. The normalized spacial score (nSPS) is 16.9. The molecular weight excluding hydrogens is 258 g/mol. The van der Waals surface area contributed by atoms with Gasteiger partial charge in [-0.05, 0) is 25.2 Å². The third-order valence-electron chi connectivity index (χ3n) is 3.60. The number of amides is 1. The zero-order chi connectivity index (χ0) is 14.8. The number of ether oxygens (including phenoxy) is 2. The second-order valence-electron chi connectivity index (χ2n) is 5.36. The summed E-state index contributed by atoms with van der Waals surface area (Å²) in [5.74, 6) is -0.295. The molecule has 1 saturated carbocycles. The summed E-state index contributed by atoms with van der Waals surface area (Å²) in [6, 6.07) is -0.495. The molecule has 0 radical (unpaired) electrons. The monoisotopic (exact) mass is 285 g/mol. The number of hydrogen-bond acceptors (Lipinski definition) is 4. The van der Waals surface area contributed by atoms with Crippen LogP contribution < -0.4 is 5.32 Å². The van der Waals surface area contributed by atoms with E-state index in [0.717, 1.165) is 38.5 Å². The minimum atomic E-state index is -0.495. The molecule has 0 aromatic carbocycles. The van der Waals surface area contributed by atoms with Gasteiger partial charge < -0.3 is 14.8 Å². The SMILES string of the molecule is CCCCOCCOC(=O)C(NC(C)=O)C1CCCC1. The number of carbonyl (C=O) groups is 2. The molecule has 1 atom stereocenters. The molecule has 1 aliphatic carbocycles. The van der Waals surface area contributed by atoms with Crippen LogP contribution in [-0.2, 0) is 19.1 Å². The molecule has 0 aliphatic heterocycles. The maximum Gasteiger partial charge on any atom is 0.329 e. The summed E-state index contributed by atoms with van der Waals surface area (Å²) in [7, 11) is 0. The Balaban J connectivity index is 2.29. The van der Waals surface area contributed by atoms with Crippen LogP contribution in [0, 0.1) is 5.92 Å². The van der Waals surface area contributed by atoms with Crippen LogP contribution in [0.25, 0.3) is 0 Å². The van der Waals surface area contributed by atoms with Crippen molar-refractivity contribution in [1.82, 2.24) is 5.32 Å². The topological polar surface area (TPSA) is 64.6 Å². The largest absolute Gasteiger partial charge is 0.462 e. The fourth-order valence-corrected chi connectivity index (χ4v) is 2.52. The molecule has 1 aliphatic rings. The molecule has 5 nitrogen and oxygen atoms in total. The van der Waals surface area contributed by atoms with Crippen LogP contribution in [-0.4, -0.2) is 37.7 Å². The Bertz CT molecular complexity index is 300. The lowest BCUT2D eigenvalue weighted by Crippen LogP contribution is -2.45. The van der Waals surface area contributed by atoms with Gasteiger partial charge in [-0.15, -0.1) is 0 Å². The summed E-state index contributed by atoms with van der Waals surface area (Å²) in [6.07, 6.45) is 6.30. The first-order valence-electron chi connectivity index (χ1n) is 7.66. The first-order chi connectivity index (χ1) is 9.65. The van der Waals surface area contributed by atoms with E-state index in [4.69, 9.17) is 9.47 Å². The van der Waals surface area contributed by atoms with E-state index in [1.807, 2.05) is 0 Å². The first kappa shape index (κ1) is 17.0. The summed E-state index contributed by atoms with van der Waals surface area (Å²) < 4.78 is 10.6.